The maximum atomic E-state index is 11.7. The molecule has 2 N–H and O–H groups in total. The highest BCUT2D eigenvalue weighted by molar-refractivity contribution is 6.17. The Bertz CT molecular complexity index is 413. The van der Waals surface area contributed by atoms with Gasteiger partial charge >= 0.3 is 6.03 Å². The number of halogens is 1. The van der Waals surface area contributed by atoms with Crippen LogP contribution in [0.1, 0.15) is 31.2 Å². The Morgan fingerprint density at radius 1 is 1.24 bits per heavy atom. The number of urea groups is 1. The maximum absolute atomic E-state index is 11.7. The fraction of sp³-hybridized carbons (Fsp3) is 0.562. The van der Waals surface area contributed by atoms with Gasteiger partial charge in [0.1, 0.15) is 0 Å². The maximum Gasteiger partial charge on any atom is 0.319 e. The zero-order chi connectivity index (χ0) is 15.3. The molecule has 4 nitrogen and oxygen atoms in total. The molecule has 5 heteroatoms. The first-order valence-electron chi connectivity index (χ1n) is 7.45. The quantitative estimate of drug-likeness (QED) is 0.510. The number of alkyl halides is 1. The normalized spacial score (nSPS) is 10.4. The molecule has 118 valence electrons. The van der Waals surface area contributed by atoms with Crippen molar-refractivity contribution in [2.24, 2.45) is 0 Å². The molecule has 0 spiro atoms. The first-order valence-corrected chi connectivity index (χ1v) is 7.98. The second kappa shape index (κ2) is 11.4. The Morgan fingerprint density at radius 2 is 2.10 bits per heavy atom. The smallest absolute Gasteiger partial charge is 0.319 e. The van der Waals surface area contributed by atoms with Gasteiger partial charge in [-0.05, 0) is 43.4 Å². The number of hydrogen-bond donors (Lipinski definition) is 2. The topological polar surface area (TPSA) is 50.4 Å². The second-order valence-corrected chi connectivity index (χ2v) is 5.31. The van der Waals surface area contributed by atoms with Gasteiger partial charge in [-0.3, -0.25) is 0 Å². The van der Waals surface area contributed by atoms with E-state index in [1.54, 1.807) is 7.11 Å². The Hall–Kier alpha value is -1.26. The fourth-order valence-corrected chi connectivity index (χ4v) is 2.13. The van der Waals surface area contributed by atoms with Gasteiger partial charge in [0.25, 0.3) is 0 Å². The van der Waals surface area contributed by atoms with Crippen molar-refractivity contribution < 1.29 is 9.53 Å². The van der Waals surface area contributed by atoms with Crippen molar-refractivity contribution in [1.29, 1.82) is 0 Å². The van der Waals surface area contributed by atoms with Crippen molar-refractivity contribution >= 4 is 23.3 Å². The molecule has 21 heavy (non-hydrogen) atoms. The Labute approximate surface area is 132 Å². The fourth-order valence-electron chi connectivity index (χ4n) is 2.00. The number of carbonyl (C=O) groups is 1. The minimum atomic E-state index is -0.183. The third-order valence-corrected chi connectivity index (χ3v) is 3.36. The number of unbranched alkanes of at least 4 members (excludes halogenated alkanes) is 2. The van der Waals surface area contributed by atoms with Crippen LogP contribution in [0.2, 0.25) is 0 Å². The Morgan fingerprint density at radius 3 is 2.86 bits per heavy atom. The zero-order valence-corrected chi connectivity index (χ0v) is 13.4. The van der Waals surface area contributed by atoms with Crippen molar-refractivity contribution in [3.05, 3.63) is 29.8 Å². The van der Waals surface area contributed by atoms with Crippen molar-refractivity contribution in [3.8, 4) is 0 Å². The SMILES string of the molecule is COCCCCCc1cccc(NC(=O)NCCCCl)c1. The highest BCUT2D eigenvalue weighted by Gasteiger charge is 2.02. The van der Waals surface area contributed by atoms with Gasteiger partial charge in [-0.15, -0.1) is 11.6 Å². The van der Waals surface area contributed by atoms with Crippen LogP contribution in [0, 0.1) is 0 Å². The summed E-state index contributed by atoms with van der Waals surface area (Å²) in [5, 5.41) is 5.61. The summed E-state index contributed by atoms with van der Waals surface area (Å²) >= 11 is 5.57. The molecular formula is C16H25ClN2O2. The highest BCUT2D eigenvalue weighted by Crippen LogP contribution is 2.13. The van der Waals surface area contributed by atoms with Crippen LogP contribution in [0.15, 0.2) is 24.3 Å². The van der Waals surface area contributed by atoms with Gasteiger partial charge in [-0.25, -0.2) is 4.79 Å². The summed E-state index contributed by atoms with van der Waals surface area (Å²) in [6.45, 7) is 1.42. The van der Waals surface area contributed by atoms with Crippen molar-refractivity contribution in [2.75, 3.05) is 31.5 Å². The van der Waals surface area contributed by atoms with Gasteiger partial charge in [-0.1, -0.05) is 18.6 Å². The summed E-state index contributed by atoms with van der Waals surface area (Å²) in [6.07, 6.45) is 5.18. The predicted molar refractivity (Wildman–Crippen MR) is 88.2 cm³/mol. The third-order valence-electron chi connectivity index (χ3n) is 3.09. The minimum absolute atomic E-state index is 0.183. The van der Waals surface area contributed by atoms with Crippen molar-refractivity contribution in [2.45, 2.75) is 32.1 Å². The van der Waals surface area contributed by atoms with E-state index >= 15 is 0 Å². The molecule has 0 aromatic heterocycles. The average Bonchev–Trinajstić information content (AvgIpc) is 2.48. The third kappa shape index (κ3) is 8.58. The molecule has 0 atom stereocenters. The first kappa shape index (κ1) is 17.8. The molecule has 0 radical (unpaired) electrons. The number of aryl methyl sites for hydroxylation is 1. The molecule has 1 aromatic rings. The van der Waals surface area contributed by atoms with Crippen LogP contribution in [0.25, 0.3) is 0 Å². The lowest BCUT2D eigenvalue weighted by Crippen LogP contribution is -2.29. The van der Waals surface area contributed by atoms with E-state index in [4.69, 9.17) is 16.3 Å². The lowest BCUT2D eigenvalue weighted by atomic mass is 10.1. The molecule has 0 heterocycles. The van der Waals surface area contributed by atoms with Gasteiger partial charge in [-0.2, -0.15) is 0 Å². The van der Waals surface area contributed by atoms with Crippen LogP contribution in [-0.4, -0.2) is 32.2 Å². The van der Waals surface area contributed by atoms with Crippen LogP contribution >= 0.6 is 11.6 Å². The molecule has 2 amide bonds. The van der Waals surface area contributed by atoms with E-state index in [9.17, 15) is 4.79 Å². The van der Waals surface area contributed by atoms with Gasteiger partial charge in [0.05, 0.1) is 0 Å². The molecule has 0 aliphatic carbocycles. The summed E-state index contributed by atoms with van der Waals surface area (Å²) in [4.78, 5) is 11.7. The number of carbonyl (C=O) groups excluding carboxylic acids is 1. The minimum Gasteiger partial charge on any atom is -0.385 e. The summed E-state index contributed by atoms with van der Waals surface area (Å²) < 4.78 is 5.03. The van der Waals surface area contributed by atoms with E-state index in [0.29, 0.717) is 12.4 Å². The van der Waals surface area contributed by atoms with Gasteiger partial charge < -0.3 is 15.4 Å². The summed E-state index contributed by atoms with van der Waals surface area (Å²) in [5.74, 6) is 0.554. The average molecular weight is 313 g/mol. The molecule has 0 aliphatic heterocycles. The number of benzene rings is 1. The van der Waals surface area contributed by atoms with E-state index in [0.717, 1.165) is 44.4 Å². The number of ether oxygens (including phenoxy) is 1. The van der Waals surface area contributed by atoms with E-state index in [2.05, 4.69) is 16.7 Å². The second-order valence-electron chi connectivity index (χ2n) is 4.93. The molecule has 1 aromatic carbocycles. The predicted octanol–water partition coefficient (Wildman–Crippen LogP) is 3.80. The van der Waals surface area contributed by atoms with Crippen LogP contribution in [-0.2, 0) is 11.2 Å². The van der Waals surface area contributed by atoms with Gasteiger partial charge in [0, 0.05) is 31.8 Å². The molecule has 1 rings (SSSR count). The van der Waals surface area contributed by atoms with Crippen LogP contribution < -0.4 is 10.6 Å². The van der Waals surface area contributed by atoms with Crippen LogP contribution in [0.3, 0.4) is 0 Å². The Balaban J connectivity index is 2.32. The molecule has 0 unspecified atom stereocenters. The van der Waals surface area contributed by atoms with Gasteiger partial charge in [0.2, 0.25) is 0 Å². The lowest BCUT2D eigenvalue weighted by Gasteiger charge is -2.08. The van der Waals surface area contributed by atoms with E-state index in [1.807, 2.05) is 18.2 Å². The molecular weight excluding hydrogens is 288 g/mol. The zero-order valence-electron chi connectivity index (χ0n) is 12.7. The summed E-state index contributed by atoms with van der Waals surface area (Å²) in [5.41, 5.74) is 2.07. The lowest BCUT2D eigenvalue weighted by molar-refractivity contribution is 0.192. The number of anilines is 1. The van der Waals surface area contributed by atoms with E-state index in [-0.39, 0.29) is 6.03 Å². The molecule has 0 saturated heterocycles. The van der Waals surface area contributed by atoms with E-state index < -0.39 is 0 Å². The number of hydrogen-bond acceptors (Lipinski definition) is 2. The van der Waals surface area contributed by atoms with Gasteiger partial charge in [0.15, 0.2) is 0 Å². The van der Waals surface area contributed by atoms with Crippen molar-refractivity contribution in [3.63, 3.8) is 0 Å². The summed E-state index contributed by atoms with van der Waals surface area (Å²) in [6, 6.07) is 7.80. The molecule has 0 aliphatic rings. The van der Waals surface area contributed by atoms with E-state index in [1.165, 1.54) is 5.56 Å². The number of nitrogens with one attached hydrogen (secondary N) is 2. The monoisotopic (exact) mass is 312 g/mol. The summed E-state index contributed by atoms with van der Waals surface area (Å²) in [7, 11) is 1.73. The molecule has 0 saturated carbocycles. The van der Waals surface area contributed by atoms with Crippen LogP contribution in [0.4, 0.5) is 10.5 Å². The van der Waals surface area contributed by atoms with Crippen LogP contribution in [0.5, 0.6) is 0 Å². The number of amides is 2. The highest BCUT2D eigenvalue weighted by atomic mass is 35.5. The number of methoxy groups -OCH3 is 1. The first-order chi connectivity index (χ1) is 10.3. The number of rotatable bonds is 10. The largest absolute Gasteiger partial charge is 0.385 e. The molecule has 0 fully saturated rings. The molecule has 0 bridgehead atoms. The van der Waals surface area contributed by atoms with Crippen molar-refractivity contribution in [1.82, 2.24) is 5.32 Å². The standard InChI is InChI=1S/C16H25ClN2O2/c1-21-12-4-2-3-7-14-8-5-9-15(13-14)19-16(20)18-11-6-10-17/h5,8-9,13H,2-4,6-7,10-12H2,1H3,(H2,18,19,20). The Kier molecular flexibility index (Phi) is 9.66.